The highest BCUT2D eigenvalue weighted by Crippen LogP contribution is 2.27. The van der Waals surface area contributed by atoms with Crippen molar-refractivity contribution in [1.29, 1.82) is 0 Å². The summed E-state index contributed by atoms with van der Waals surface area (Å²) >= 11 is 6.01. The van der Waals surface area contributed by atoms with Gasteiger partial charge >= 0.3 is 0 Å². The molecule has 0 aliphatic carbocycles. The van der Waals surface area contributed by atoms with Gasteiger partial charge in [0.05, 0.1) is 15.6 Å². The van der Waals surface area contributed by atoms with E-state index in [-0.39, 0.29) is 5.69 Å². The lowest BCUT2D eigenvalue weighted by Gasteiger charge is -2.25. The van der Waals surface area contributed by atoms with Crippen LogP contribution in [0.3, 0.4) is 0 Å². The Kier molecular flexibility index (Phi) is 3.81. The first-order valence-electron chi connectivity index (χ1n) is 5.58. The summed E-state index contributed by atoms with van der Waals surface area (Å²) in [5, 5.41) is 17.6. The molecule has 0 radical (unpaired) electrons. The monoisotopic (exact) mass is 255 g/mol. The van der Waals surface area contributed by atoms with E-state index >= 15 is 0 Å². The highest BCUT2D eigenvalue weighted by Gasteiger charge is 2.15. The second-order valence-electron chi connectivity index (χ2n) is 4.09. The van der Waals surface area contributed by atoms with E-state index in [1.54, 1.807) is 6.07 Å². The fraction of sp³-hybridized carbons (Fsp3) is 0.455. The highest BCUT2D eigenvalue weighted by molar-refractivity contribution is 6.33. The van der Waals surface area contributed by atoms with Crippen LogP contribution < -0.4 is 10.6 Å². The molecule has 17 heavy (non-hydrogen) atoms. The second kappa shape index (κ2) is 5.33. The van der Waals surface area contributed by atoms with Gasteiger partial charge in [-0.25, -0.2) is 0 Å². The molecule has 1 aromatic rings. The van der Waals surface area contributed by atoms with Crippen LogP contribution in [0.25, 0.3) is 0 Å². The first kappa shape index (κ1) is 12.1. The van der Waals surface area contributed by atoms with E-state index in [0.717, 1.165) is 31.6 Å². The SMILES string of the molecule is O=[N+]([O-])c1ccc(NC2CCNCC2)c(Cl)c1. The number of hydrogen-bond donors (Lipinski definition) is 2. The van der Waals surface area contributed by atoms with Crippen LogP contribution >= 0.6 is 11.6 Å². The summed E-state index contributed by atoms with van der Waals surface area (Å²) in [4.78, 5) is 10.1. The molecule has 0 amide bonds. The van der Waals surface area contributed by atoms with Crippen LogP contribution in [-0.4, -0.2) is 24.1 Å². The molecule has 0 aromatic heterocycles. The zero-order valence-corrected chi connectivity index (χ0v) is 10.0. The number of anilines is 1. The molecule has 2 N–H and O–H groups in total. The summed E-state index contributed by atoms with van der Waals surface area (Å²) in [7, 11) is 0. The van der Waals surface area contributed by atoms with E-state index < -0.39 is 4.92 Å². The Labute approximate surface area is 104 Å². The summed E-state index contributed by atoms with van der Waals surface area (Å²) in [5.74, 6) is 0. The van der Waals surface area contributed by atoms with E-state index in [9.17, 15) is 10.1 Å². The standard InChI is InChI=1S/C11H14ClN3O2/c12-10-7-9(15(16)17)1-2-11(10)14-8-3-5-13-6-4-8/h1-2,7-8,13-14H,3-6H2. The van der Waals surface area contributed by atoms with Gasteiger partial charge in [-0.1, -0.05) is 11.6 Å². The number of nitro benzene ring substituents is 1. The summed E-state index contributed by atoms with van der Waals surface area (Å²) in [6.45, 7) is 1.98. The Balaban J connectivity index is 2.08. The van der Waals surface area contributed by atoms with Gasteiger partial charge in [-0.3, -0.25) is 10.1 Å². The van der Waals surface area contributed by atoms with Gasteiger partial charge in [-0.05, 0) is 32.0 Å². The van der Waals surface area contributed by atoms with Crippen molar-refractivity contribution in [2.75, 3.05) is 18.4 Å². The lowest BCUT2D eigenvalue weighted by Crippen LogP contribution is -2.35. The van der Waals surface area contributed by atoms with Crippen LogP contribution in [-0.2, 0) is 0 Å². The van der Waals surface area contributed by atoms with Gasteiger partial charge in [0.2, 0.25) is 0 Å². The fourth-order valence-corrected chi connectivity index (χ4v) is 2.15. The van der Waals surface area contributed by atoms with E-state index in [1.807, 2.05) is 0 Å². The van der Waals surface area contributed by atoms with Crippen molar-refractivity contribution in [2.24, 2.45) is 0 Å². The zero-order valence-electron chi connectivity index (χ0n) is 9.28. The number of piperidine rings is 1. The Morgan fingerprint density at radius 1 is 1.41 bits per heavy atom. The Hall–Kier alpha value is -1.33. The van der Waals surface area contributed by atoms with Crippen molar-refractivity contribution in [3.8, 4) is 0 Å². The molecule has 0 unspecified atom stereocenters. The predicted octanol–water partition coefficient (Wildman–Crippen LogP) is 2.41. The van der Waals surface area contributed by atoms with Crippen LogP contribution in [0.5, 0.6) is 0 Å². The molecular weight excluding hydrogens is 242 g/mol. The summed E-state index contributed by atoms with van der Waals surface area (Å²) in [5.41, 5.74) is 0.787. The predicted molar refractivity (Wildman–Crippen MR) is 67.6 cm³/mol. The number of halogens is 1. The average Bonchev–Trinajstić information content (AvgIpc) is 2.33. The number of non-ortho nitro benzene ring substituents is 1. The smallest absolute Gasteiger partial charge is 0.271 e. The summed E-state index contributed by atoms with van der Waals surface area (Å²) in [6, 6.07) is 4.90. The molecule has 0 spiro atoms. The molecular formula is C11H14ClN3O2. The number of rotatable bonds is 3. The van der Waals surface area contributed by atoms with Crippen LogP contribution in [0.1, 0.15) is 12.8 Å². The fourth-order valence-electron chi connectivity index (χ4n) is 1.92. The van der Waals surface area contributed by atoms with Gasteiger partial charge in [0.25, 0.3) is 5.69 Å². The molecule has 0 saturated carbocycles. The van der Waals surface area contributed by atoms with Crippen molar-refractivity contribution in [1.82, 2.24) is 5.32 Å². The van der Waals surface area contributed by atoms with E-state index in [2.05, 4.69) is 10.6 Å². The average molecular weight is 256 g/mol. The summed E-state index contributed by atoms with van der Waals surface area (Å²) < 4.78 is 0. The van der Waals surface area contributed by atoms with Crippen LogP contribution in [0.4, 0.5) is 11.4 Å². The lowest BCUT2D eigenvalue weighted by atomic mass is 10.1. The molecule has 0 atom stereocenters. The topological polar surface area (TPSA) is 67.2 Å². The van der Waals surface area contributed by atoms with Crippen LogP contribution in [0.15, 0.2) is 18.2 Å². The quantitative estimate of drug-likeness (QED) is 0.643. The molecule has 2 rings (SSSR count). The van der Waals surface area contributed by atoms with Crippen molar-refractivity contribution >= 4 is 23.0 Å². The van der Waals surface area contributed by atoms with Gasteiger partial charge in [-0.2, -0.15) is 0 Å². The normalized spacial score (nSPS) is 16.8. The minimum atomic E-state index is -0.444. The number of hydrogen-bond acceptors (Lipinski definition) is 4. The van der Waals surface area contributed by atoms with Crippen molar-refractivity contribution in [3.05, 3.63) is 33.3 Å². The Morgan fingerprint density at radius 2 is 2.12 bits per heavy atom. The molecule has 0 bridgehead atoms. The van der Waals surface area contributed by atoms with Gasteiger partial charge in [0, 0.05) is 18.2 Å². The maximum atomic E-state index is 10.6. The molecule has 1 aromatic carbocycles. The number of nitrogens with one attached hydrogen (secondary N) is 2. The zero-order chi connectivity index (χ0) is 12.3. The maximum Gasteiger partial charge on any atom is 0.271 e. The van der Waals surface area contributed by atoms with Crippen molar-refractivity contribution in [3.63, 3.8) is 0 Å². The van der Waals surface area contributed by atoms with Gasteiger partial charge in [-0.15, -0.1) is 0 Å². The molecule has 5 nitrogen and oxygen atoms in total. The van der Waals surface area contributed by atoms with E-state index in [4.69, 9.17) is 11.6 Å². The Morgan fingerprint density at radius 3 is 2.71 bits per heavy atom. The Bertz CT molecular complexity index is 419. The minimum Gasteiger partial charge on any atom is -0.381 e. The van der Waals surface area contributed by atoms with E-state index in [1.165, 1.54) is 12.1 Å². The highest BCUT2D eigenvalue weighted by atomic mass is 35.5. The van der Waals surface area contributed by atoms with Crippen molar-refractivity contribution in [2.45, 2.75) is 18.9 Å². The molecule has 1 heterocycles. The van der Waals surface area contributed by atoms with Gasteiger partial charge in [0.15, 0.2) is 0 Å². The lowest BCUT2D eigenvalue weighted by molar-refractivity contribution is -0.384. The van der Waals surface area contributed by atoms with Gasteiger partial charge in [0.1, 0.15) is 0 Å². The van der Waals surface area contributed by atoms with Gasteiger partial charge < -0.3 is 10.6 Å². The maximum absolute atomic E-state index is 10.6. The molecule has 1 aliphatic heterocycles. The molecule has 1 aliphatic rings. The molecule has 92 valence electrons. The number of benzene rings is 1. The molecule has 1 fully saturated rings. The van der Waals surface area contributed by atoms with Crippen LogP contribution in [0, 0.1) is 10.1 Å². The second-order valence-corrected chi connectivity index (χ2v) is 4.50. The number of nitro groups is 1. The van der Waals surface area contributed by atoms with Crippen molar-refractivity contribution < 1.29 is 4.92 Å². The molecule has 1 saturated heterocycles. The number of nitrogens with zero attached hydrogens (tertiary/aromatic N) is 1. The first-order valence-corrected chi connectivity index (χ1v) is 5.96. The third kappa shape index (κ3) is 3.08. The van der Waals surface area contributed by atoms with E-state index in [0.29, 0.717) is 11.1 Å². The third-order valence-electron chi connectivity index (χ3n) is 2.86. The third-order valence-corrected chi connectivity index (χ3v) is 3.17. The van der Waals surface area contributed by atoms with Crippen LogP contribution in [0.2, 0.25) is 5.02 Å². The molecule has 6 heteroatoms. The first-order chi connectivity index (χ1) is 8.16. The summed E-state index contributed by atoms with van der Waals surface area (Å²) in [6.07, 6.45) is 2.07. The largest absolute Gasteiger partial charge is 0.381 e. The minimum absolute atomic E-state index is 0.0193.